The summed E-state index contributed by atoms with van der Waals surface area (Å²) < 4.78 is 0. The second-order valence-corrected chi connectivity index (χ2v) is 5.26. The van der Waals surface area contributed by atoms with Crippen LogP contribution in [-0.4, -0.2) is 42.0 Å². The Hall–Kier alpha value is -0.980. The molecule has 1 rings (SSSR count). The molecular weight excluding hydrogens is 260 g/mol. The molecule has 0 fully saturated rings. The molecule has 108 valence electrons. The van der Waals surface area contributed by atoms with E-state index in [9.17, 15) is 4.79 Å². The van der Waals surface area contributed by atoms with E-state index in [1.807, 2.05) is 0 Å². The van der Waals surface area contributed by atoms with E-state index in [1.165, 1.54) is 11.3 Å². The van der Waals surface area contributed by atoms with E-state index in [1.54, 1.807) is 5.38 Å². The van der Waals surface area contributed by atoms with Gasteiger partial charge in [-0.2, -0.15) is 0 Å². The van der Waals surface area contributed by atoms with Crippen LogP contribution in [0.3, 0.4) is 0 Å². The molecule has 0 radical (unpaired) electrons. The summed E-state index contributed by atoms with van der Waals surface area (Å²) >= 11 is 1.43. The Morgan fingerprint density at radius 3 is 2.74 bits per heavy atom. The van der Waals surface area contributed by atoms with Crippen LogP contribution in [-0.2, 0) is 6.54 Å². The summed E-state index contributed by atoms with van der Waals surface area (Å²) in [5.41, 5.74) is 5.95. The average molecular weight is 284 g/mol. The van der Waals surface area contributed by atoms with Crippen LogP contribution in [0.4, 0.5) is 0 Å². The molecule has 0 spiro atoms. The largest absolute Gasteiger partial charge is 0.351 e. The SMILES string of the molecule is CCN(CC)CCCCNC(=O)c1csc(CN)n1. The molecule has 0 aliphatic carbocycles. The highest BCUT2D eigenvalue weighted by molar-refractivity contribution is 7.09. The Balaban J connectivity index is 2.17. The maximum absolute atomic E-state index is 11.8. The van der Waals surface area contributed by atoms with Crippen molar-refractivity contribution in [2.75, 3.05) is 26.2 Å². The molecule has 1 aromatic rings. The number of rotatable bonds is 9. The highest BCUT2D eigenvalue weighted by Gasteiger charge is 2.09. The van der Waals surface area contributed by atoms with Crippen molar-refractivity contribution in [2.45, 2.75) is 33.2 Å². The van der Waals surface area contributed by atoms with Gasteiger partial charge in [0.2, 0.25) is 0 Å². The third-order valence-electron chi connectivity index (χ3n) is 3.04. The second-order valence-electron chi connectivity index (χ2n) is 4.32. The minimum absolute atomic E-state index is 0.0983. The van der Waals surface area contributed by atoms with Crippen LogP contribution in [0, 0.1) is 0 Å². The normalized spacial score (nSPS) is 10.9. The summed E-state index contributed by atoms with van der Waals surface area (Å²) in [7, 11) is 0. The lowest BCUT2D eigenvalue weighted by molar-refractivity contribution is 0.0948. The van der Waals surface area contributed by atoms with Crippen LogP contribution in [0.5, 0.6) is 0 Å². The van der Waals surface area contributed by atoms with Crippen molar-refractivity contribution in [3.63, 3.8) is 0 Å². The first-order valence-corrected chi connectivity index (χ1v) is 7.74. The van der Waals surface area contributed by atoms with Crippen molar-refractivity contribution < 1.29 is 4.79 Å². The average Bonchev–Trinajstić information content (AvgIpc) is 2.91. The van der Waals surface area contributed by atoms with Crippen molar-refractivity contribution in [2.24, 2.45) is 5.73 Å². The van der Waals surface area contributed by atoms with Gasteiger partial charge in [0, 0.05) is 18.5 Å². The van der Waals surface area contributed by atoms with Crippen molar-refractivity contribution in [1.29, 1.82) is 0 Å². The molecule has 0 saturated carbocycles. The summed E-state index contributed by atoms with van der Waals surface area (Å²) in [6.07, 6.45) is 2.10. The molecule has 0 aliphatic heterocycles. The Labute approximate surface area is 119 Å². The van der Waals surface area contributed by atoms with Gasteiger partial charge in [0.15, 0.2) is 0 Å². The second kappa shape index (κ2) is 9.01. The molecule has 1 amide bonds. The lowest BCUT2D eigenvalue weighted by atomic mass is 10.3. The molecule has 0 bridgehead atoms. The quantitative estimate of drug-likeness (QED) is 0.673. The maximum Gasteiger partial charge on any atom is 0.270 e. The van der Waals surface area contributed by atoms with Gasteiger partial charge in [-0.1, -0.05) is 13.8 Å². The van der Waals surface area contributed by atoms with E-state index in [0.29, 0.717) is 18.8 Å². The summed E-state index contributed by atoms with van der Waals surface area (Å²) in [6.45, 7) is 8.70. The lowest BCUT2D eigenvalue weighted by Gasteiger charge is -2.17. The van der Waals surface area contributed by atoms with Crippen LogP contribution in [0.1, 0.15) is 42.2 Å². The van der Waals surface area contributed by atoms with Gasteiger partial charge in [0.25, 0.3) is 5.91 Å². The van der Waals surface area contributed by atoms with Gasteiger partial charge in [-0.3, -0.25) is 4.79 Å². The van der Waals surface area contributed by atoms with Crippen LogP contribution < -0.4 is 11.1 Å². The Kier molecular flexibility index (Phi) is 7.62. The molecular formula is C13H24N4OS. The Morgan fingerprint density at radius 2 is 2.16 bits per heavy atom. The molecule has 0 aliphatic rings. The Morgan fingerprint density at radius 1 is 1.42 bits per heavy atom. The van der Waals surface area contributed by atoms with E-state index in [2.05, 4.69) is 29.0 Å². The number of nitrogens with one attached hydrogen (secondary N) is 1. The molecule has 1 aromatic heterocycles. The van der Waals surface area contributed by atoms with E-state index >= 15 is 0 Å². The lowest BCUT2D eigenvalue weighted by Crippen LogP contribution is -2.27. The topological polar surface area (TPSA) is 71.2 Å². The van der Waals surface area contributed by atoms with Gasteiger partial charge in [-0.05, 0) is 32.5 Å². The van der Waals surface area contributed by atoms with Crippen LogP contribution in [0.2, 0.25) is 0 Å². The zero-order valence-electron chi connectivity index (χ0n) is 11.8. The molecule has 19 heavy (non-hydrogen) atoms. The minimum Gasteiger partial charge on any atom is -0.351 e. The standard InChI is InChI=1S/C13H24N4OS/c1-3-17(4-2)8-6-5-7-15-13(18)11-10-19-12(9-14)16-11/h10H,3-9,14H2,1-2H3,(H,15,18). The van der Waals surface area contributed by atoms with Gasteiger partial charge in [0.05, 0.1) is 0 Å². The molecule has 0 unspecified atom stereocenters. The number of hydrogen-bond acceptors (Lipinski definition) is 5. The first-order chi connectivity index (χ1) is 9.21. The smallest absolute Gasteiger partial charge is 0.270 e. The van der Waals surface area contributed by atoms with Crippen molar-refractivity contribution >= 4 is 17.2 Å². The number of thiazole rings is 1. The van der Waals surface area contributed by atoms with Crippen molar-refractivity contribution in [1.82, 2.24) is 15.2 Å². The molecule has 1 heterocycles. The van der Waals surface area contributed by atoms with Crippen molar-refractivity contribution in [3.8, 4) is 0 Å². The van der Waals surface area contributed by atoms with Gasteiger partial charge >= 0.3 is 0 Å². The fourth-order valence-electron chi connectivity index (χ4n) is 1.80. The highest BCUT2D eigenvalue weighted by Crippen LogP contribution is 2.08. The van der Waals surface area contributed by atoms with Gasteiger partial charge in [0.1, 0.15) is 10.7 Å². The van der Waals surface area contributed by atoms with Gasteiger partial charge in [-0.15, -0.1) is 11.3 Å². The molecule has 0 saturated heterocycles. The molecule has 0 atom stereocenters. The fourth-order valence-corrected chi connectivity index (χ4v) is 2.46. The van der Waals surface area contributed by atoms with Gasteiger partial charge in [-0.25, -0.2) is 4.98 Å². The molecule has 3 N–H and O–H groups in total. The first-order valence-electron chi connectivity index (χ1n) is 6.86. The zero-order chi connectivity index (χ0) is 14.1. The summed E-state index contributed by atoms with van der Waals surface area (Å²) in [4.78, 5) is 18.3. The third-order valence-corrected chi connectivity index (χ3v) is 3.91. The Bertz CT molecular complexity index is 376. The number of carbonyl (C=O) groups excluding carboxylic acids is 1. The van der Waals surface area contributed by atoms with Crippen molar-refractivity contribution in [3.05, 3.63) is 16.1 Å². The number of unbranched alkanes of at least 4 members (excludes halogenated alkanes) is 1. The first kappa shape index (κ1) is 16.1. The van der Waals surface area contributed by atoms with E-state index in [-0.39, 0.29) is 5.91 Å². The number of aromatic nitrogens is 1. The van der Waals surface area contributed by atoms with E-state index < -0.39 is 0 Å². The predicted molar refractivity (Wildman–Crippen MR) is 79.4 cm³/mol. The zero-order valence-corrected chi connectivity index (χ0v) is 12.6. The number of amides is 1. The van der Waals surface area contributed by atoms with Crippen LogP contribution >= 0.6 is 11.3 Å². The molecule has 5 nitrogen and oxygen atoms in total. The summed E-state index contributed by atoms with van der Waals surface area (Å²) in [5.74, 6) is -0.0983. The van der Waals surface area contributed by atoms with Gasteiger partial charge < -0.3 is 16.0 Å². The van der Waals surface area contributed by atoms with E-state index in [4.69, 9.17) is 5.73 Å². The fraction of sp³-hybridized carbons (Fsp3) is 0.692. The maximum atomic E-state index is 11.8. The predicted octanol–water partition coefficient (Wildman–Crippen LogP) is 1.45. The minimum atomic E-state index is -0.0983. The van der Waals surface area contributed by atoms with Crippen LogP contribution in [0.25, 0.3) is 0 Å². The monoisotopic (exact) mass is 284 g/mol. The summed E-state index contributed by atoms with van der Waals surface area (Å²) in [5, 5.41) is 5.45. The third kappa shape index (κ3) is 5.67. The molecule has 0 aromatic carbocycles. The summed E-state index contributed by atoms with van der Waals surface area (Å²) in [6, 6.07) is 0. The number of hydrogen-bond donors (Lipinski definition) is 2. The number of nitrogens with two attached hydrogens (primary N) is 1. The van der Waals surface area contributed by atoms with E-state index in [0.717, 1.165) is 37.5 Å². The molecule has 6 heteroatoms. The number of nitrogens with zero attached hydrogens (tertiary/aromatic N) is 2. The van der Waals surface area contributed by atoms with Crippen LogP contribution in [0.15, 0.2) is 5.38 Å². The highest BCUT2D eigenvalue weighted by atomic mass is 32.1. The number of carbonyl (C=O) groups is 1.